The molecule has 1 saturated heterocycles. The molecular formula is C15H20BrNO3. The van der Waals surface area contributed by atoms with Crippen LogP contribution in [0.4, 0.5) is 0 Å². The molecule has 0 bridgehead atoms. The summed E-state index contributed by atoms with van der Waals surface area (Å²) in [5.41, 5.74) is 0.506. The number of nitrogens with zero attached hydrogens (tertiary/aromatic N) is 1. The van der Waals surface area contributed by atoms with Gasteiger partial charge in [0, 0.05) is 17.9 Å². The Morgan fingerprint density at radius 2 is 1.90 bits per heavy atom. The third-order valence-corrected chi connectivity index (χ3v) is 4.99. The van der Waals surface area contributed by atoms with E-state index in [2.05, 4.69) is 22.9 Å². The Balaban J connectivity index is 2.29. The molecule has 1 aliphatic heterocycles. The summed E-state index contributed by atoms with van der Waals surface area (Å²) < 4.78 is 10.6. The number of benzene rings is 1. The maximum absolute atomic E-state index is 12.8. The third kappa shape index (κ3) is 2.92. The van der Waals surface area contributed by atoms with Gasteiger partial charge < -0.3 is 14.4 Å². The van der Waals surface area contributed by atoms with Crippen molar-refractivity contribution >= 4 is 21.8 Å². The second-order valence-electron chi connectivity index (χ2n) is 5.07. The summed E-state index contributed by atoms with van der Waals surface area (Å²) in [6.07, 6.45) is 0.999. The van der Waals surface area contributed by atoms with Gasteiger partial charge in [0.05, 0.1) is 14.2 Å². The highest BCUT2D eigenvalue weighted by Gasteiger charge is 2.30. The maximum Gasteiger partial charge on any atom is 0.261 e. The van der Waals surface area contributed by atoms with Gasteiger partial charge in [-0.2, -0.15) is 0 Å². The van der Waals surface area contributed by atoms with Crippen molar-refractivity contribution in [2.24, 2.45) is 5.92 Å². The van der Waals surface area contributed by atoms with E-state index < -0.39 is 0 Å². The number of amides is 1. The van der Waals surface area contributed by atoms with Gasteiger partial charge in [-0.1, -0.05) is 28.9 Å². The van der Waals surface area contributed by atoms with E-state index in [4.69, 9.17) is 9.47 Å². The van der Waals surface area contributed by atoms with Crippen LogP contribution in [0.3, 0.4) is 0 Å². The highest BCUT2D eigenvalue weighted by molar-refractivity contribution is 9.09. The molecule has 1 heterocycles. The second-order valence-corrected chi connectivity index (χ2v) is 6.25. The first-order chi connectivity index (χ1) is 9.58. The number of ether oxygens (including phenoxy) is 2. The van der Waals surface area contributed by atoms with Crippen LogP contribution in [0, 0.1) is 5.92 Å². The molecule has 4 nitrogen and oxygen atoms in total. The van der Waals surface area contributed by atoms with E-state index >= 15 is 0 Å². The van der Waals surface area contributed by atoms with Crippen LogP contribution in [0.1, 0.15) is 23.7 Å². The fourth-order valence-corrected chi connectivity index (χ4v) is 3.04. The number of methoxy groups -OCH3 is 2. The molecule has 1 aromatic rings. The predicted octanol–water partition coefficient (Wildman–Crippen LogP) is 2.95. The molecular weight excluding hydrogens is 322 g/mol. The topological polar surface area (TPSA) is 38.8 Å². The number of alkyl halides is 1. The standard InChI is InChI=1S/C15H20BrNO3/c1-10-7-8-17(9-11(10)16)15(18)14-12(19-2)5-4-6-13(14)20-3/h4-6,10-11H,7-9H2,1-3H3. The van der Waals surface area contributed by atoms with Gasteiger partial charge in [0.15, 0.2) is 0 Å². The minimum atomic E-state index is -0.0318. The Labute approximate surface area is 128 Å². The van der Waals surface area contributed by atoms with Crippen LogP contribution in [0.2, 0.25) is 0 Å². The number of carbonyl (C=O) groups excluding carboxylic acids is 1. The first-order valence-corrected chi connectivity index (χ1v) is 7.64. The molecule has 1 aliphatic rings. The number of piperidine rings is 1. The molecule has 0 saturated carbocycles. The lowest BCUT2D eigenvalue weighted by Crippen LogP contribution is -2.43. The van der Waals surface area contributed by atoms with Gasteiger partial charge in [-0.3, -0.25) is 4.79 Å². The molecule has 0 radical (unpaired) electrons. The van der Waals surface area contributed by atoms with Crippen molar-refractivity contribution in [2.45, 2.75) is 18.2 Å². The zero-order valence-corrected chi connectivity index (χ0v) is 13.6. The lowest BCUT2D eigenvalue weighted by Gasteiger charge is -2.34. The van der Waals surface area contributed by atoms with Gasteiger partial charge >= 0.3 is 0 Å². The van der Waals surface area contributed by atoms with E-state index in [9.17, 15) is 4.79 Å². The molecule has 1 aromatic carbocycles. The lowest BCUT2D eigenvalue weighted by molar-refractivity contribution is 0.0699. The zero-order valence-electron chi connectivity index (χ0n) is 12.1. The molecule has 0 aromatic heterocycles. The van der Waals surface area contributed by atoms with Gasteiger partial charge in [-0.05, 0) is 24.5 Å². The van der Waals surface area contributed by atoms with E-state index in [1.54, 1.807) is 26.4 Å². The van der Waals surface area contributed by atoms with E-state index in [-0.39, 0.29) is 5.91 Å². The van der Waals surface area contributed by atoms with Crippen LogP contribution < -0.4 is 9.47 Å². The lowest BCUT2D eigenvalue weighted by atomic mass is 9.98. The van der Waals surface area contributed by atoms with Gasteiger partial charge in [0.1, 0.15) is 17.1 Å². The normalized spacial score (nSPS) is 22.5. The summed E-state index contributed by atoms with van der Waals surface area (Å²) >= 11 is 3.65. The molecule has 110 valence electrons. The van der Waals surface area contributed by atoms with E-state index in [1.165, 1.54) is 0 Å². The van der Waals surface area contributed by atoms with E-state index in [0.717, 1.165) is 13.0 Å². The predicted molar refractivity (Wildman–Crippen MR) is 81.9 cm³/mol. The number of hydrogen-bond donors (Lipinski definition) is 0. The number of carbonyl (C=O) groups is 1. The molecule has 5 heteroatoms. The number of hydrogen-bond acceptors (Lipinski definition) is 3. The highest BCUT2D eigenvalue weighted by atomic mass is 79.9. The molecule has 1 fully saturated rings. The quantitative estimate of drug-likeness (QED) is 0.793. The van der Waals surface area contributed by atoms with Crippen LogP contribution in [0.5, 0.6) is 11.5 Å². The van der Waals surface area contributed by atoms with Crippen molar-refractivity contribution in [3.8, 4) is 11.5 Å². The monoisotopic (exact) mass is 341 g/mol. The van der Waals surface area contributed by atoms with Crippen molar-refractivity contribution in [1.29, 1.82) is 0 Å². The molecule has 20 heavy (non-hydrogen) atoms. The second kappa shape index (κ2) is 6.48. The number of likely N-dealkylation sites (tertiary alicyclic amines) is 1. The molecule has 1 amide bonds. The van der Waals surface area contributed by atoms with E-state index in [1.807, 2.05) is 11.0 Å². The van der Waals surface area contributed by atoms with Crippen molar-refractivity contribution < 1.29 is 14.3 Å². The van der Waals surface area contributed by atoms with Crippen molar-refractivity contribution in [3.05, 3.63) is 23.8 Å². The van der Waals surface area contributed by atoms with Gasteiger partial charge in [-0.25, -0.2) is 0 Å². The van der Waals surface area contributed by atoms with Crippen molar-refractivity contribution in [3.63, 3.8) is 0 Å². The Hall–Kier alpha value is -1.23. The average molecular weight is 342 g/mol. The summed E-state index contributed by atoms with van der Waals surface area (Å²) in [4.78, 5) is 15.0. The summed E-state index contributed by atoms with van der Waals surface area (Å²) in [6.45, 7) is 3.68. The minimum Gasteiger partial charge on any atom is -0.496 e. The fourth-order valence-electron chi connectivity index (χ4n) is 2.43. The molecule has 0 aliphatic carbocycles. The van der Waals surface area contributed by atoms with Crippen LogP contribution >= 0.6 is 15.9 Å². The van der Waals surface area contributed by atoms with Gasteiger partial charge in [-0.15, -0.1) is 0 Å². The van der Waals surface area contributed by atoms with Gasteiger partial charge in [0.2, 0.25) is 0 Å². The number of halogens is 1. The summed E-state index contributed by atoms with van der Waals surface area (Å²) in [5, 5.41) is 0. The molecule has 2 atom stereocenters. The highest BCUT2D eigenvalue weighted by Crippen LogP contribution is 2.32. The molecule has 2 unspecified atom stereocenters. The summed E-state index contributed by atoms with van der Waals surface area (Å²) in [7, 11) is 3.13. The minimum absolute atomic E-state index is 0.0318. The van der Waals surface area contributed by atoms with Crippen molar-refractivity contribution in [2.75, 3.05) is 27.3 Å². The third-order valence-electron chi connectivity index (χ3n) is 3.80. The molecule has 0 N–H and O–H groups in total. The van der Waals surface area contributed by atoms with E-state index in [0.29, 0.717) is 34.4 Å². The Morgan fingerprint density at radius 1 is 1.30 bits per heavy atom. The van der Waals surface area contributed by atoms with Crippen molar-refractivity contribution in [1.82, 2.24) is 4.90 Å². The number of rotatable bonds is 3. The van der Waals surface area contributed by atoms with Gasteiger partial charge in [0.25, 0.3) is 5.91 Å². The first-order valence-electron chi connectivity index (χ1n) is 6.72. The van der Waals surface area contributed by atoms with Crippen LogP contribution in [0.15, 0.2) is 18.2 Å². The molecule has 0 spiro atoms. The summed E-state index contributed by atoms with van der Waals surface area (Å²) in [5.74, 6) is 1.66. The van der Waals surface area contributed by atoms with Crippen LogP contribution in [-0.4, -0.2) is 42.9 Å². The largest absolute Gasteiger partial charge is 0.496 e. The average Bonchev–Trinajstić information content (AvgIpc) is 2.48. The molecule has 2 rings (SSSR count). The summed E-state index contributed by atoms with van der Waals surface area (Å²) in [6, 6.07) is 5.39. The zero-order chi connectivity index (χ0) is 14.7. The Morgan fingerprint density at radius 3 is 2.40 bits per heavy atom. The fraction of sp³-hybridized carbons (Fsp3) is 0.533. The van der Waals surface area contributed by atoms with Crippen LogP contribution in [-0.2, 0) is 0 Å². The Kier molecular flexibility index (Phi) is 4.91. The van der Waals surface area contributed by atoms with Crippen LogP contribution in [0.25, 0.3) is 0 Å². The maximum atomic E-state index is 12.8. The smallest absolute Gasteiger partial charge is 0.261 e. The SMILES string of the molecule is COc1cccc(OC)c1C(=O)N1CCC(C)C(Br)C1. The first kappa shape index (κ1) is 15.2. The Bertz CT molecular complexity index is 470.